The monoisotopic (exact) mass is 287 g/mol. The second-order valence-corrected chi connectivity index (χ2v) is 5.42. The molecule has 1 N–H and O–H groups in total. The number of aryl methyl sites for hydroxylation is 1. The Morgan fingerprint density at radius 3 is 2.85 bits per heavy atom. The van der Waals surface area contributed by atoms with Gasteiger partial charge in [-0.25, -0.2) is 14.4 Å². The maximum atomic E-state index is 13.4. The van der Waals surface area contributed by atoms with E-state index in [1.165, 1.54) is 6.07 Å². The third kappa shape index (κ3) is 2.25. The van der Waals surface area contributed by atoms with Crippen LogP contribution in [0.15, 0.2) is 29.6 Å². The summed E-state index contributed by atoms with van der Waals surface area (Å²) in [6.45, 7) is 4.57. The number of benzene rings is 1. The van der Waals surface area contributed by atoms with Crippen molar-refractivity contribution in [3.8, 4) is 11.4 Å². The lowest BCUT2D eigenvalue weighted by Crippen LogP contribution is -2.02. The van der Waals surface area contributed by atoms with E-state index in [0.717, 1.165) is 28.1 Å². The van der Waals surface area contributed by atoms with Crippen LogP contribution in [0.4, 0.5) is 10.2 Å². The number of fused-ring (bicyclic) bond motifs is 1. The average Bonchev–Trinajstić information content (AvgIpc) is 2.90. The first-order chi connectivity index (χ1) is 9.69. The van der Waals surface area contributed by atoms with Crippen molar-refractivity contribution in [2.24, 2.45) is 0 Å². The zero-order valence-electron chi connectivity index (χ0n) is 11.3. The van der Waals surface area contributed by atoms with Gasteiger partial charge in [0.05, 0.1) is 5.39 Å². The van der Waals surface area contributed by atoms with Crippen molar-refractivity contribution in [2.45, 2.75) is 13.8 Å². The molecule has 5 heteroatoms. The predicted molar refractivity (Wildman–Crippen MR) is 81.7 cm³/mol. The fourth-order valence-electron chi connectivity index (χ4n) is 2.07. The number of aromatic nitrogens is 2. The molecule has 0 aliphatic carbocycles. The summed E-state index contributed by atoms with van der Waals surface area (Å²) in [6.07, 6.45) is 0. The Bertz CT molecular complexity index is 767. The van der Waals surface area contributed by atoms with Crippen LogP contribution >= 0.6 is 11.3 Å². The van der Waals surface area contributed by atoms with E-state index < -0.39 is 0 Å². The van der Waals surface area contributed by atoms with Gasteiger partial charge in [0.15, 0.2) is 5.82 Å². The molecule has 102 valence electrons. The standard InChI is InChI=1S/C15H14FN3S/c1-3-17-14-11-6-7-20-15(11)19-13(18-14)10-4-5-12(16)9(2)8-10/h4-8H,3H2,1-2H3,(H,17,18,19). The number of hydrogen-bond donors (Lipinski definition) is 1. The quantitative estimate of drug-likeness (QED) is 0.783. The molecule has 0 aliphatic heterocycles. The molecule has 0 atom stereocenters. The van der Waals surface area contributed by atoms with E-state index in [1.54, 1.807) is 30.4 Å². The Morgan fingerprint density at radius 2 is 2.10 bits per heavy atom. The minimum atomic E-state index is -0.210. The maximum Gasteiger partial charge on any atom is 0.163 e. The van der Waals surface area contributed by atoms with Crippen molar-refractivity contribution in [3.05, 3.63) is 41.0 Å². The maximum absolute atomic E-state index is 13.4. The largest absolute Gasteiger partial charge is 0.370 e. The Balaban J connectivity index is 2.17. The van der Waals surface area contributed by atoms with Gasteiger partial charge in [-0.1, -0.05) is 0 Å². The zero-order valence-corrected chi connectivity index (χ0v) is 12.1. The average molecular weight is 287 g/mol. The van der Waals surface area contributed by atoms with Crippen LogP contribution in [0.1, 0.15) is 12.5 Å². The first-order valence-electron chi connectivity index (χ1n) is 6.44. The van der Waals surface area contributed by atoms with Gasteiger partial charge in [0.1, 0.15) is 16.5 Å². The van der Waals surface area contributed by atoms with Crippen LogP contribution in [0.25, 0.3) is 21.6 Å². The first kappa shape index (κ1) is 13.0. The third-order valence-corrected chi connectivity index (χ3v) is 3.89. The lowest BCUT2D eigenvalue weighted by Gasteiger charge is -2.08. The molecule has 3 rings (SSSR count). The van der Waals surface area contributed by atoms with Gasteiger partial charge < -0.3 is 5.32 Å². The van der Waals surface area contributed by atoms with Crippen molar-refractivity contribution in [3.63, 3.8) is 0 Å². The van der Waals surface area contributed by atoms with Crippen molar-refractivity contribution >= 4 is 27.4 Å². The fraction of sp³-hybridized carbons (Fsp3) is 0.200. The Morgan fingerprint density at radius 1 is 1.25 bits per heavy atom. The molecular formula is C15H14FN3S. The van der Waals surface area contributed by atoms with Crippen LogP contribution in [0.2, 0.25) is 0 Å². The summed E-state index contributed by atoms with van der Waals surface area (Å²) in [4.78, 5) is 10.1. The van der Waals surface area contributed by atoms with Crippen LogP contribution in [0.3, 0.4) is 0 Å². The van der Waals surface area contributed by atoms with Crippen LogP contribution < -0.4 is 5.32 Å². The van der Waals surface area contributed by atoms with E-state index in [2.05, 4.69) is 15.3 Å². The SMILES string of the molecule is CCNc1nc(-c2ccc(F)c(C)c2)nc2sccc12. The summed E-state index contributed by atoms with van der Waals surface area (Å²) >= 11 is 1.58. The molecule has 0 saturated heterocycles. The number of rotatable bonds is 3. The van der Waals surface area contributed by atoms with E-state index in [0.29, 0.717) is 11.4 Å². The Kier molecular flexibility index (Phi) is 3.36. The zero-order chi connectivity index (χ0) is 14.1. The van der Waals surface area contributed by atoms with E-state index in [-0.39, 0.29) is 5.82 Å². The van der Waals surface area contributed by atoms with Gasteiger partial charge in [0.25, 0.3) is 0 Å². The van der Waals surface area contributed by atoms with Gasteiger partial charge in [-0.2, -0.15) is 0 Å². The van der Waals surface area contributed by atoms with Gasteiger partial charge in [-0.15, -0.1) is 11.3 Å². The minimum absolute atomic E-state index is 0.210. The number of anilines is 1. The smallest absolute Gasteiger partial charge is 0.163 e. The van der Waals surface area contributed by atoms with Gasteiger partial charge in [0.2, 0.25) is 0 Å². The molecule has 3 nitrogen and oxygen atoms in total. The van der Waals surface area contributed by atoms with Crippen LogP contribution in [0.5, 0.6) is 0 Å². The molecule has 0 amide bonds. The molecule has 0 unspecified atom stereocenters. The second-order valence-electron chi connectivity index (χ2n) is 4.53. The summed E-state index contributed by atoms with van der Waals surface area (Å²) in [5.41, 5.74) is 1.43. The summed E-state index contributed by atoms with van der Waals surface area (Å²) < 4.78 is 13.4. The molecule has 2 aromatic heterocycles. The highest BCUT2D eigenvalue weighted by atomic mass is 32.1. The molecule has 0 fully saturated rings. The van der Waals surface area contributed by atoms with E-state index in [9.17, 15) is 4.39 Å². The number of hydrogen-bond acceptors (Lipinski definition) is 4. The predicted octanol–water partition coefficient (Wildman–Crippen LogP) is 4.24. The molecule has 3 aromatic rings. The van der Waals surface area contributed by atoms with Crippen molar-refractivity contribution in [2.75, 3.05) is 11.9 Å². The van der Waals surface area contributed by atoms with Crippen molar-refractivity contribution < 1.29 is 4.39 Å². The molecule has 20 heavy (non-hydrogen) atoms. The fourth-order valence-corrected chi connectivity index (χ4v) is 2.83. The van der Waals surface area contributed by atoms with E-state index in [1.807, 2.05) is 18.4 Å². The highest BCUT2D eigenvalue weighted by molar-refractivity contribution is 7.16. The Labute approximate surface area is 120 Å². The van der Waals surface area contributed by atoms with E-state index >= 15 is 0 Å². The number of halogens is 1. The molecule has 1 aromatic carbocycles. The first-order valence-corrected chi connectivity index (χ1v) is 7.32. The van der Waals surface area contributed by atoms with E-state index in [4.69, 9.17) is 0 Å². The summed E-state index contributed by atoms with van der Waals surface area (Å²) in [7, 11) is 0. The molecule has 0 saturated carbocycles. The van der Waals surface area contributed by atoms with Gasteiger partial charge >= 0.3 is 0 Å². The Hall–Kier alpha value is -2.01. The third-order valence-electron chi connectivity index (χ3n) is 3.09. The van der Waals surface area contributed by atoms with Crippen LogP contribution in [-0.4, -0.2) is 16.5 Å². The topological polar surface area (TPSA) is 37.8 Å². The van der Waals surface area contributed by atoms with Gasteiger partial charge in [0, 0.05) is 12.1 Å². The summed E-state index contributed by atoms with van der Waals surface area (Å²) in [5, 5.41) is 6.28. The highest BCUT2D eigenvalue weighted by Gasteiger charge is 2.10. The molecule has 0 spiro atoms. The van der Waals surface area contributed by atoms with Crippen molar-refractivity contribution in [1.82, 2.24) is 9.97 Å². The molecule has 0 bridgehead atoms. The lowest BCUT2D eigenvalue weighted by molar-refractivity contribution is 0.618. The van der Waals surface area contributed by atoms with Crippen LogP contribution in [-0.2, 0) is 0 Å². The van der Waals surface area contributed by atoms with Gasteiger partial charge in [-0.3, -0.25) is 0 Å². The molecule has 0 radical (unpaired) electrons. The summed E-state index contributed by atoms with van der Waals surface area (Å²) in [5.74, 6) is 1.24. The molecule has 0 aliphatic rings. The molecule has 2 heterocycles. The minimum Gasteiger partial charge on any atom is -0.370 e. The second kappa shape index (κ2) is 5.17. The van der Waals surface area contributed by atoms with Crippen LogP contribution in [0, 0.1) is 12.7 Å². The number of thiophene rings is 1. The van der Waals surface area contributed by atoms with Crippen molar-refractivity contribution in [1.29, 1.82) is 0 Å². The summed E-state index contributed by atoms with van der Waals surface area (Å²) in [6, 6.07) is 6.96. The van der Waals surface area contributed by atoms with Gasteiger partial charge in [-0.05, 0) is 49.1 Å². The molecular weight excluding hydrogens is 273 g/mol. The lowest BCUT2D eigenvalue weighted by atomic mass is 10.1. The number of nitrogens with one attached hydrogen (secondary N) is 1. The number of nitrogens with zero attached hydrogens (tertiary/aromatic N) is 2. The normalized spacial score (nSPS) is 10.9. The highest BCUT2D eigenvalue weighted by Crippen LogP contribution is 2.28.